The zero-order chi connectivity index (χ0) is 15.1. The van der Waals surface area contributed by atoms with Crippen molar-refractivity contribution in [2.45, 2.75) is 19.3 Å². The summed E-state index contributed by atoms with van der Waals surface area (Å²) in [7, 11) is 0. The molecule has 0 radical (unpaired) electrons. The second-order valence-corrected chi connectivity index (χ2v) is 4.84. The molecular formula is C12H13BrF2N2O3. The molecule has 0 spiro atoms. The van der Waals surface area contributed by atoms with E-state index in [9.17, 15) is 23.7 Å². The number of nitro groups is 1. The van der Waals surface area contributed by atoms with Gasteiger partial charge in [-0.05, 0) is 18.9 Å². The quantitative estimate of drug-likeness (QED) is 0.355. The van der Waals surface area contributed by atoms with Gasteiger partial charge in [-0.25, -0.2) is 8.78 Å². The Bertz CT molecular complexity index is 512. The van der Waals surface area contributed by atoms with Gasteiger partial charge in [0.05, 0.1) is 11.0 Å². The van der Waals surface area contributed by atoms with Gasteiger partial charge in [0.2, 0.25) is 0 Å². The highest BCUT2D eigenvalue weighted by Gasteiger charge is 2.23. The van der Waals surface area contributed by atoms with Gasteiger partial charge in [-0.2, -0.15) is 0 Å². The van der Waals surface area contributed by atoms with E-state index in [1.54, 1.807) is 0 Å². The van der Waals surface area contributed by atoms with Crippen LogP contribution in [0, 0.1) is 21.7 Å². The summed E-state index contributed by atoms with van der Waals surface area (Å²) in [6.07, 6.45) is 2.53. The SMILES string of the molecule is O=C(NCCCCCBr)c1cc(F)c(F)cc1[N+](=O)[O-]. The second kappa shape index (κ2) is 7.88. The van der Waals surface area contributed by atoms with Crippen molar-refractivity contribution in [3.8, 4) is 0 Å². The summed E-state index contributed by atoms with van der Waals surface area (Å²) in [5.74, 6) is -3.43. The molecule has 0 aromatic heterocycles. The number of nitrogens with one attached hydrogen (secondary N) is 1. The first-order valence-corrected chi connectivity index (χ1v) is 7.07. The smallest absolute Gasteiger partial charge is 0.285 e. The topological polar surface area (TPSA) is 72.2 Å². The van der Waals surface area contributed by atoms with Gasteiger partial charge in [-0.15, -0.1) is 0 Å². The lowest BCUT2D eigenvalue weighted by Crippen LogP contribution is -2.25. The molecule has 20 heavy (non-hydrogen) atoms. The number of amides is 1. The number of nitro benzene ring substituents is 1. The Labute approximate surface area is 122 Å². The molecule has 0 aliphatic heterocycles. The minimum absolute atomic E-state index is 0.321. The lowest BCUT2D eigenvalue weighted by Gasteiger charge is -2.06. The summed E-state index contributed by atoms with van der Waals surface area (Å²) >= 11 is 3.27. The Morgan fingerprint density at radius 3 is 2.50 bits per heavy atom. The van der Waals surface area contributed by atoms with Crippen LogP contribution in [-0.4, -0.2) is 22.7 Å². The van der Waals surface area contributed by atoms with E-state index >= 15 is 0 Å². The molecule has 8 heteroatoms. The molecule has 0 aliphatic rings. The normalized spacial score (nSPS) is 10.3. The van der Waals surface area contributed by atoms with Gasteiger partial charge in [-0.3, -0.25) is 14.9 Å². The van der Waals surface area contributed by atoms with Crippen LogP contribution in [0.15, 0.2) is 12.1 Å². The summed E-state index contributed by atoms with van der Waals surface area (Å²) < 4.78 is 26.0. The van der Waals surface area contributed by atoms with Crippen molar-refractivity contribution >= 4 is 27.5 Å². The molecule has 0 bridgehead atoms. The highest BCUT2D eigenvalue weighted by Crippen LogP contribution is 2.22. The number of halogens is 3. The fourth-order valence-corrected chi connectivity index (χ4v) is 1.96. The summed E-state index contributed by atoms with van der Waals surface area (Å²) in [5.41, 5.74) is -1.23. The lowest BCUT2D eigenvalue weighted by atomic mass is 10.1. The van der Waals surface area contributed by atoms with Crippen molar-refractivity contribution in [3.63, 3.8) is 0 Å². The summed E-state index contributed by atoms with van der Waals surface area (Å²) in [4.78, 5) is 21.6. The first-order chi connectivity index (χ1) is 9.47. The number of rotatable bonds is 7. The molecule has 1 rings (SSSR count). The number of alkyl halides is 1. The Morgan fingerprint density at radius 1 is 1.25 bits per heavy atom. The molecule has 0 aliphatic carbocycles. The summed E-state index contributed by atoms with van der Waals surface area (Å²) in [6.45, 7) is 0.321. The van der Waals surface area contributed by atoms with Crippen LogP contribution in [0.4, 0.5) is 14.5 Å². The maximum Gasteiger partial charge on any atom is 0.285 e. The first kappa shape index (κ1) is 16.5. The Morgan fingerprint density at radius 2 is 1.90 bits per heavy atom. The van der Waals surface area contributed by atoms with Gasteiger partial charge >= 0.3 is 0 Å². The molecule has 0 fully saturated rings. The average Bonchev–Trinajstić information content (AvgIpc) is 2.40. The number of hydrogen-bond acceptors (Lipinski definition) is 3. The predicted octanol–water partition coefficient (Wildman–Crippen LogP) is 3.17. The Balaban J connectivity index is 2.76. The molecule has 0 unspecified atom stereocenters. The van der Waals surface area contributed by atoms with E-state index in [0.29, 0.717) is 25.1 Å². The van der Waals surface area contributed by atoms with E-state index < -0.39 is 33.7 Å². The zero-order valence-corrected chi connectivity index (χ0v) is 12.1. The van der Waals surface area contributed by atoms with Crippen LogP contribution in [0.2, 0.25) is 0 Å². The molecule has 1 N–H and O–H groups in total. The van der Waals surface area contributed by atoms with Gasteiger partial charge in [-0.1, -0.05) is 22.4 Å². The number of hydrogen-bond donors (Lipinski definition) is 1. The van der Waals surface area contributed by atoms with E-state index in [1.807, 2.05) is 0 Å². The Kier molecular flexibility index (Phi) is 6.50. The van der Waals surface area contributed by atoms with Gasteiger partial charge in [0.15, 0.2) is 11.6 Å². The molecule has 110 valence electrons. The third-order valence-electron chi connectivity index (χ3n) is 2.58. The highest BCUT2D eigenvalue weighted by molar-refractivity contribution is 9.09. The van der Waals surface area contributed by atoms with E-state index in [2.05, 4.69) is 21.2 Å². The molecule has 1 aromatic carbocycles. The molecule has 0 saturated carbocycles. The fraction of sp³-hybridized carbons (Fsp3) is 0.417. The van der Waals surface area contributed by atoms with E-state index in [4.69, 9.17) is 0 Å². The van der Waals surface area contributed by atoms with Crippen LogP contribution in [0.5, 0.6) is 0 Å². The monoisotopic (exact) mass is 350 g/mol. The lowest BCUT2D eigenvalue weighted by molar-refractivity contribution is -0.385. The first-order valence-electron chi connectivity index (χ1n) is 5.95. The number of benzene rings is 1. The van der Waals surface area contributed by atoms with Gasteiger partial charge < -0.3 is 5.32 Å². The maximum atomic E-state index is 13.1. The third-order valence-corrected chi connectivity index (χ3v) is 3.14. The molecule has 0 atom stereocenters. The van der Waals surface area contributed by atoms with Crippen LogP contribution in [0.25, 0.3) is 0 Å². The highest BCUT2D eigenvalue weighted by atomic mass is 79.9. The largest absolute Gasteiger partial charge is 0.352 e. The standard InChI is InChI=1S/C12H13BrF2N2O3/c13-4-2-1-3-5-16-12(18)8-6-9(14)10(15)7-11(8)17(19)20/h6-7H,1-5H2,(H,16,18). The molecule has 1 aromatic rings. The van der Waals surface area contributed by atoms with Crippen molar-refractivity contribution in [2.24, 2.45) is 0 Å². The van der Waals surface area contributed by atoms with Crippen LogP contribution < -0.4 is 5.32 Å². The summed E-state index contributed by atoms with van der Waals surface area (Å²) in [5, 5.41) is 14.0. The maximum absolute atomic E-state index is 13.1. The van der Waals surface area contributed by atoms with Crippen molar-refractivity contribution in [2.75, 3.05) is 11.9 Å². The van der Waals surface area contributed by atoms with E-state index in [0.717, 1.165) is 18.2 Å². The zero-order valence-electron chi connectivity index (χ0n) is 10.5. The number of unbranched alkanes of at least 4 members (excludes halogenated alkanes) is 2. The number of carbonyl (C=O) groups excluding carboxylic acids is 1. The molecule has 0 saturated heterocycles. The summed E-state index contributed by atoms with van der Waals surface area (Å²) in [6, 6.07) is 0.955. The van der Waals surface area contributed by atoms with Crippen LogP contribution in [0.1, 0.15) is 29.6 Å². The molecular weight excluding hydrogens is 338 g/mol. The van der Waals surface area contributed by atoms with Crippen LogP contribution >= 0.6 is 15.9 Å². The van der Waals surface area contributed by atoms with Gasteiger partial charge in [0, 0.05) is 11.9 Å². The van der Waals surface area contributed by atoms with Crippen LogP contribution in [0.3, 0.4) is 0 Å². The van der Waals surface area contributed by atoms with Gasteiger partial charge in [0.1, 0.15) is 5.56 Å². The molecule has 1 amide bonds. The molecule has 5 nitrogen and oxygen atoms in total. The second-order valence-electron chi connectivity index (χ2n) is 4.05. The van der Waals surface area contributed by atoms with Crippen LogP contribution in [-0.2, 0) is 0 Å². The third kappa shape index (κ3) is 4.52. The van der Waals surface area contributed by atoms with E-state index in [1.165, 1.54) is 0 Å². The predicted molar refractivity (Wildman–Crippen MR) is 73.0 cm³/mol. The fourth-order valence-electron chi connectivity index (χ4n) is 1.56. The van der Waals surface area contributed by atoms with E-state index in [-0.39, 0.29) is 0 Å². The van der Waals surface area contributed by atoms with Crippen molar-refractivity contribution in [1.29, 1.82) is 0 Å². The minimum atomic E-state index is -1.36. The Hall–Kier alpha value is -1.57. The number of carbonyl (C=O) groups is 1. The van der Waals surface area contributed by atoms with Crippen molar-refractivity contribution in [3.05, 3.63) is 39.4 Å². The molecule has 0 heterocycles. The number of nitrogens with zero attached hydrogens (tertiary/aromatic N) is 1. The minimum Gasteiger partial charge on any atom is -0.352 e. The average molecular weight is 351 g/mol. The van der Waals surface area contributed by atoms with Crippen molar-refractivity contribution < 1.29 is 18.5 Å². The van der Waals surface area contributed by atoms with Crippen molar-refractivity contribution in [1.82, 2.24) is 5.32 Å². The van der Waals surface area contributed by atoms with Gasteiger partial charge in [0.25, 0.3) is 11.6 Å².